The Labute approximate surface area is 129 Å². The van der Waals surface area contributed by atoms with Crippen LogP contribution in [0, 0.1) is 5.92 Å². The molecule has 0 amide bonds. The third-order valence-electron chi connectivity index (χ3n) is 4.24. The summed E-state index contributed by atoms with van der Waals surface area (Å²) in [5, 5.41) is 9.96. The Kier molecular flexibility index (Phi) is 9.91. The van der Waals surface area contributed by atoms with Gasteiger partial charge >= 0.3 is 0 Å². The van der Waals surface area contributed by atoms with Gasteiger partial charge in [0.05, 0.1) is 0 Å². The minimum Gasteiger partial charge on any atom is -0.396 e. The molecular formula is C17H30ClNO. The molecule has 0 aromatic heterocycles. The Bertz CT molecular complexity index is 347. The first kappa shape index (κ1) is 19.4. The Morgan fingerprint density at radius 1 is 1.15 bits per heavy atom. The highest BCUT2D eigenvalue weighted by Gasteiger charge is 2.28. The van der Waals surface area contributed by atoms with E-state index in [9.17, 15) is 0 Å². The van der Waals surface area contributed by atoms with Gasteiger partial charge < -0.3 is 10.8 Å². The highest BCUT2D eigenvalue weighted by Crippen LogP contribution is 2.37. The molecule has 0 unspecified atom stereocenters. The fraction of sp³-hybridized carbons (Fsp3) is 0.647. The zero-order chi connectivity index (χ0) is 15.6. The van der Waals surface area contributed by atoms with E-state index in [-0.39, 0.29) is 12.0 Å². The largest absolute Gasteiger partial charge is 0.396 e. The van der Waals surface area contributed by atoms with Gasteiger partial charge in [-0.3, -0.25) is 0 Å². The molecule has 1 aromatic carbocycles. The fourth-order valence-corrected chi connectivity index (χ4v) is 2.70. The van der Waals surface area contributed by atoms with Crippen LogP contribution in [0.25, 0.3) is 0 Å². The van der Waals surface area contributed by atoms with Crippen LogP contribution >= 0.6 is 11.6 Å². The van der Waals surface area contributed by atoms with Gasteiger partial charge in [-0.1, -0.05) is 44.5 Å². The maximum absolute atomic E-state index is 9.17. The van der Waals surface area contributed by atoms with Gasteiger partial charge in [-0.15, -0.1) is 0 Å². The van der Waals surface area contributed by atoms with Crippen LogP contribution in [-0.2, 0) is 5.41 Å². The Hall–Kier alpha value is -0.570. The first-order chi connectivity index (χ1) is 9.57. The molecule has 3 heteroatoms. The smallest absolute Gasteiger partial charge is 0.0456 e. The zero-order valence-corrected chi connectivity index (χ0v) is 14.1. The van der Waals surface area contributed by atoms with E-state index in [1.54, 1.807) is 0 Å². The number of hydrogen-bond donors (Lipinski definition) is 2. The monoisotopic (exact) mass is 299 g/mol. The number of halogens is 1. The standard InChI is InChI=1S/C16H25ClO.CH5N/c1-4-16(5-2,11-10-13(3)12-18)14-6-8-15(17)9-7-14;1-2/h6-9,13,18H,4-5,10-12H2,1-3H3;2H2,1H3/t13-;/m1./s1. The molecule has 1 atom stereocenters. The molecule has 0 fully saturated rings. The van der Waals surface area contributed by atoms with Crippen molar-refractivity contribution in [1.29, 1.82) is 0 Å². The van der Waals surface area contributed by atoms with Gasteiger partial charge in [0.25, 0.3) is 0 Å². The lowest BCUT2D eigenvalue weighted by molar-refractivity contribution is 0.213. The van der Waals surface area contributed by atoms with Crippen LogP contribution < -0.4 is 5.73 Å². The Morgan fingerprint density at radius 2 is 1.65 bits per heavy atom. The summed E-state index contributed by atoms with van der Waals surface area (Å²) in [4.78, 5) is 0. The SMILES string of the molecule is CCC(CC)(CC[C@@H](C)CO)c1ccc(Cl)cc1.CN. The van der Waals surface area contributed by atoms with Crippen LogP contribution in [0.1, 0.15) is 52.0 Å². The van der Waals surface area contributed by atoms with E-state index in [0.717, 1.165) is 30.7 Å². The van der Waals surface area contributed by atoms with Gasteiger partial charge in [-0.2, -0.15) is 0 Å². The number of aliphatic hydroxyl groups excluding tert-OH is 1. The van der Waals surface area contributed by atoms with Crippen LogP contribution in [0.15, 0.2) is 24.3 Å². The van der Waals surface area contributed by atoms with Crippen molar-refractivity contribution in [2.75, 3.05) is 13.7 Å². The predicted octanol–water partition coefficient (Wildman–Crippen LogP) is 4.38. The molecule has 0 saturated carbocycles. The summed E-state index contributed by atoms with van der Waals surface area (Å²) in [5.74, 6) is 0.384. The van der Waals surface area contributed by atoms with Crippen molar-refractivity contribution in [2.24, 2.45) is 11.7 Å². The van der Waals surface area contributed by atoms with Crippen LogP contribution in [-0.4, -0.2) is 18.8 Å². The molecular weight excluding hydrogens is 270 g/mol. The second kappa shape index (κ2) is 10.2. The molecule has 1 aromatic rings. The Morgan fingerprint density at radius 3 is 2.05 bits per heavy atom. The van der Waals surface area contributed by atoms with Gasteiger partial charge in [0.1, 0.15) is 0 Å². The summed E-state index contributed by atoms with van der Waals surface area (Å²) in [6, 6.07) is 8.26. The molecule has 2 nitrogen and oxygen atoms in total. The number of hydrogen-bond acceptors (Lipinski definition) is 2. The maximum atomic E-state index is 9.17. The molecule has 0 radical (unpaired) electrons. The first-order valence-corrected chi connectivity index (χ1v) is 7.90. The third-order valence-corrected chi connectivity index (χ3v) is 4.49. The highest BCUT2D eigenvalue weighted by atomic mass is 35.5. The van der Waals surface area contributed by atoms with Crippen LogP contribution in [0.5, 0.6) is 0 Å². The molecule has 0 aliphatic heterocycles. The lowest BCUT2D eigenvalue weighted by Crippen LogP contribution is -2.25. The molecule has 1 rings (SSSR count). The fourth-order valence-electron chi connectivity index (χ4n) is 2.57. The summed E-state index contributed by atoms with van der Waals surface area (Å²) < 4.78 is 0. The average molecular weight is 300 g/mol. The number of benzene rings is 1. The number of aliphatic hydroxyl groups is 1. The predicted molar refractivity (Wildman–Crippen MR) is 89.3 cm³/mol. The number of rotatable bonds is 7. The molecule has 0 bridgehead atoms. The molecule has 116 valence electrons. The topological polar surface area (TPSA) is 46.2 Å². The van der Waals surface area contributed by atoms with E-state index in [1.165, 1.54) is 12.6 Å². The molecule has 20 heavy (non-hydrogen) atoms. The molecule has 0 heterocycles. The van der Waals surface area contributed by atoms with Crippen molar-refractivity contribution in [3.8, 4) is 0 Å². The van der Waals surface area contributed by atoms with Crippen molar-refractivity contribution in [1.82, 2.24) is 0 Å². The van der Waals surface area contributed by atoms with E-state index in [0.29, 0.717) is 5.92 Å². The number of nitrogens with two attached hydrogens (primary N) is 1. The van der Waals surface area contributed by atoms with Gasteiger partial charge in [-0.05, 0) is 61.8 Å². The van der Waals surface area contributed by atoms with Crippen molar-refractivity contribution < 1.29 is 5.11 Å². The minimum absolute atomic E-state index is 0.230. The highest BCUT2D eigenvalue weighted by molar-refractivity contribution is 6.30. The normalized spacial score (nSPS) is 12.6. The van der Waals surface area contributed by atoms with Crippen molar-refractivity contribution in [3.63, 3.8) is 0 Å². The van der Waals surface area contributed by atoms with E-state index in [2.05, 4.69) is 38.6 Å². The first-order valence-electron chi connectivity index (χ1n) is 7.52. The van der Waals surface area contributed by atoms with Crippen molar-refractivity contribution in [3.05, 3.63) is 34.9 Å². The van der Waals surface area contributed by atoms with Crippen molar-refractivity contribution >= 4 is 11.6 Å². The third kappa shape index (κ3) is 5.43. The summed E-state index contributed by atoms with van der Waals surface area (Å²) in [5.41, 5.74) is 6.11. The van der Waals surface area contributed by atoms with Crippen LogP contribution in [0.4, 0.5) is 0 Å². The minimum atomic E-state index is 0.230. The zero-order valence-electron chi connectivity index (χ0n) is 13.3. The van der Waals surface area contributed by atoms with E-state index >= 15 is 0 Å². The molecule has 0 aliphatic carbocycles. The van der Waals surface area contributed by atoms with Gasteiger partial charge in [0.15, 0.2) is 0 Å². The average Bonchev–Trinajstić information content (AvgIpc) is 2.51. The van der Waals surface area contributed by atoms with Crippen LogP contribution in [0.2, 0.25) is 5.02 Å². The quantitative estimate of drug-likeness (QED) is 0.785. The lowest BCUT2D eigenvalue weighted by Gasteiger charge is -2.33. The summed E-state index contributed by atoms with van der Waals surface area (Å²) in [7, 11) is 1.50. The van der Waals surface area contributed by atoms with Gasteiger partial charge in [-0.25, -0.2) is 0 Å². The van der Waals surface area contributed by atoms with E-state index in [4.69, 9.17) is 16.7 Å². The molecule has 3 N–H and O–H groups in total. The second-order valence-corrected chi connectivity index (χ2v) is 5.76. The lowest BCUT2D eigenvalue weighted by atomic mass is 9.71. The molecule has 0 spiro atoms. The Balaban J connectivity index is 0.00000172. The summed E-state index contributed by atoms with van der Waals surface area (Å²) in [6.07, 6.45) is 4.46. The van der Waals surface area contributed by atoms with Gasteiger partial charge in [0, 0.05) is 11.6 Å². The molecule has 0 aliphatic rings. The van der Waals surface area contributed by atoms with Gasteiger partial charge in [0.2, 0.25) is 0 Å². The van der Waals surface area contributed by atoms with Crippen LogP contribution in [0.3, 0.4) is 0 Å². The van der Waals surface area contributed by atoms with E-state index < -0.39 is 0 Å². The summed E-state index contributed by atoms with van der Waals surface area (Å²) >= 11 is 5.97. The molecule has 0 saturated heterocycles. The maximum Gasteiger partial charge on any atom is 0.0456 e. The second-order valence-electron chi connectivity index (χ2n) is 5.32. The van der Waals surface area contributed by atoms with E-state index in [1.807, 2.05) is 12.1 Å². The van der Waals surface area contributed by atoms with Crippen molar-refractivity contribution in [2.45, 2.75) is 51.9 Å². The summed E-state index contributed by atoms with van der Waals surface area (Å²) in [6.45, 7) is 6.89.